The SMILES string of the molecule is [CH2][C@@](C)(NC(=O)OCc1ccccc1)c1ccccc1F. The molecule has 1 radical (unpaired) electrons. The summed E-state index contributed by atoms with van der Waals surface area (Å²) in [5.41, 5.74) is 0.0880. The van der Waals surface area contributed by atoms with Gasteiger partial charge in [0.2, 0.25) is 0 Å². The van der Waals surface area contributed by atoms with E-state index in [0.29, 0.717) is 5.56 Å². The summed E-state index contributed by atoms with van der Waals surface area (Å²) in [6, 6.07) is 15.5. The molecule has 0 saturated carbocycles. The van der Waals surface area contributed by atoms with Crippen LogP contribution in [0.2, 0.25) is 0 Å². The van der Waals surface area contributed by atoms with E-state index in [2.05, 4.69) is 12.2 Å². The van der Waals surface area contributed by atoms with Gasteiger partial charge >= 0.3 is 6.09 Å². The van der Waals surface area contributed by atoms with E-state index in [9.17, 15) is 9.18 Å². The molecule has 0 heterocycles. The van der Waals surface area contributed by atoms with E-state index in [1.807, 2.05) is 30.3 Å². The minimum Gasteiger partial charge on any atom is -0.445 e. The minimum absolute atomic E-state index is 0.153. The molecule has 0 aliphatic carbocycles. The third-order valence-electron chi connectivity index (χ3n) is 3.06. The molecule has 0 saturated heterocycles. The van der Waals surface area contributed by atoms with Crippen molar-refractivity contribution in [2.45, 2.75) is 19.1 Å². The molecule has 2 rings (SSSR count). The summed E-state index contributed by atoms with van der Waals surface area (Å²) in [5, 5.41) is 2.57. The van der Waals surface area contributed by atoms with Crippen LogP contribution in [0.15, 0.2) is 54.6 Å². The Morgan fingerprint density at radius 3 is 2.48 bits per heavy atom. The van der Waals surface area contributed by atoms with E-state index in [1.54, 1.807) is 25.1 Å². The highest BCUT2D eigenvalue weighted by molar-refractivity contribution is 5.69. The number of benzene rings is 2. The van der Waals surface area contributed by atoms with Crippen molar-refractivity contribution >= 4 is 6.09 Å². The van der Waals surface area contributed by atoms with Crippen molar-refractivity contribution in [1.29, 1.82) is 0 Å². The normalized spacial score (nSPS) is 11.0. The van der Waals surface area contributed by atoms with E-state index in [1.165, 1.54) is 6.07 Å². The maximum absolute atomic E-state index is 13.8. The van der Waals surface area contributed by atoms with E-state index >= 15 is 0 Å². The first-order valence-electron chi connectivity index (χ1n) is 6.58. The van der Waals surface area contributed by atoms with Gasteiger partial charge in [0.1, 0.15) is 12.4 Å². The monoisotopic (exact) mass is 286 g/mol. The lowest BCUT2D eigenvalue weighted by molar-refractivity contribution is 0.131. The summed E-state index contributed by atoms with van der Waals surface area (Å²) in [5.74, 6) is -0.418. The van der Waals surface area contributed by atoms with Crippen molar-refractivity contribution in [3.63, 3.8) is 0 Å². The van der Waals surface area contributed by atoms with Gasteiger partial charge < -0.3 is 10.1 Å². The van der Waals surface area contributed by atoms with Gasteiger partial charge in [-0.1, -0.05) is 48.5 Å². The highest BCUT2D eigenvalue weighted by Gasteiger charge is 2.26. The van der Waals surface area contributed by atoms with Gasteiger partial charge in [-0.05, 0) is 25.5 Å². The Labute approximate surface area is 123 Å². The second-order valence-corrected chi connectivity index (χ2v) is 5.00. The molecule has 0 aromatic heterocycles. The van der Waals surface area contributed by atoms with Gasteiger partial charge in [-0.3, -0.25) is 0 Å². The Morgan fingerprint density at radius 2 is 1.81 bits per heavy atom. The smallest absolute Gasteiger partial charge is 0.408 e. The molecule has 2 aromatic carbocycles. The fourth-order valence-electron chi connectivity index (χ4n) is 1.96. The predicted molar refractivity (Wildman–Crippen MR) is 78.9 cm³/mol. The zero-order valence-corrected chi connectivity index (χ0v) is 11.8. The molecule has 4 heteroatoms. The quantitative estimate of drug-likeness (QED) is 0.928. The highest BCUT2D eigenvalue weighted by Crippen LogP contribution is 2.22. The van der Waals surface area contributed by atoms with E-state index < -0.39 is 17.4 Å². The highest BCUT2D eigenvalue weighted by atomic mass is 19.1. The molecule has 0 aliphatic heterocycles. The molecule has 21 heavy (non-hydrogen) atoms. The van der Waals surface area contributed by atoms with Gasteiger partial charge in [0, 0.05) is 5.56 Å². The molecular formula is C17H17FNO2. The number of hydrogen-bond donors (Lipinski definition) is 1. The molecule has 3 nitrogen and oxygen atoms in total. The van der Waals surface area contributed by atoms with Crippen LogP contribution >= 0.6 is 0 Å². The molecule has 0 unspecified atom stereocenters. The molecule has 0 bridgehead atoms. The number of amides is 1. The molecular weight excluding hydrogens is 269 g/mol. The summed E-state index contributed by atoms with van der Waals surface area (Å²) >= 11 is 0. The molecule has 1 atom stereocenters. The fourth-order valence-corrected chi connectivity index (χ4v) is 1.96. The zero-order chi connectivity index (χ0) is 15.3. The molecule has 109 valence electrons. The first-order valence-corrected chi connectivity index (χ1v) is 6.58. The van der Waals surface area contributed by atoms with Crippen molar-refractivity contribution in [1.82, 2.24) is 5.32 Å². The summed E-state index contributed by atoms with van der Waals surface area (Å²) < 4.78 is 18.9. The van der Waals surface area contributed by atoms with E-state index in [4.69, 9.17) is 4.74 Å². The van der Waals surface area contributed by atoms with E-state index in [-0.39, 0.29) is 6.61 Å². The van der Waals surface area contributed by atoms with Crippen LogP contribution in [0, 0.1) is 12.7 Å². The van der Waals surface area contributed by atoms with Crippen LogP contribution in [0.5, 0.6) is 0 Å². The lowest BCUT2D eigenvalue weighted by Crippen LogP contribution is -2.42. The van der Waals surface area contributed by atoms with Crippen molar-refractivity contribution < 1.29 is 13.9 Å². The standard InChI is InChI=1S/C17H17FNO2/c1-17(2,14-10-6-7-11-15(14)18)19-16(20)21-12-13-8-4-3-5-9-13/h3-11H,1,12H2,2H3,(H,19,20)/t17-/m0/s1. The van der Waals surface area contributed by atoms with Crippen LogP contribution in [0.25, 0.3) is 0 Å². The number of ether oxygens (including phenoxy) is 1. The van der Waals surface area contributed by atoms with Gasteiger partial charge in [0.25, 0.3) is 0 Å². The molecule has 1 N–H and O–H groups in total. The molecule has 0 spiro atoms. The Kier molecular flexibility index (Phi) is 4.58. The molecule has 1 amide bonds. The average Bonchev–Trinajstić information content (AvgIpc) is 2.46. The average molecular weight is 286 g/mol. The molecule has 0 fully saturated rings. The van der Waals surface area contributed by atoms with Gasteiger partial charge in [0.15, 0.2) is 0 Å². The number of nitrogens with one attached hydrogen (secondary N) is 1. The Hall–Kier alpha value is -2.36. The molecule has 0 aliphatic rings. The maximum Gasteiger partial charge on any atom is 0.408 e. The predicted octanol–water partition coefficient (Wildman–Crippen LogP) is 3.80. The Bertz CT molecular complexity index is 611. The Morgan fingerprint density at radius 1 is 1.19 bits per heavy atom. The number of alkyl carbamates (subject to hydrolysis) is 1. The van der Waals surface area contributed by atoms with E-state index in [0.717, 1.165) is 5.56 Å². The fraction of sp³-hybridized carbons (Fsp3) is 0.176. The van der Waals surface area contributed by atoms with Crippen LogP contribution in [0.3, 0.4) is 0 Å². The largest absolute Gasteiger partial charge is 0.445 e. The first-order chi connectivity index (χ1) is 9.99. The van der Waals surface area contributed by atoms with Crippen LogP contribution in [0.4, 0.5) is 9.18 Å². The second-order valence-electron chi connectivity index (χ2n) is 5.00. The third-order valence-corrected chi connectivity index (χ3v) is 3.06. The van der Waals surface area contributed by atoms with Crippen LogP contribution in [-0.2, 0) is 16.9 Å². The molecule has 2 aromatic rings. The van der Waals surface area contributed by atoms with Gasteiger partial charge in [0.05, 0.1) is 5.54 Å². The summed E-state index contributed by atoms with van der Waals surface area (Å²) in [7, 11) is 0. The van der Waals surface area contributed by atoms with Crippen molar-refractivity contribution in [2.75, 3.05) is 0 Å². The van der Waals surface area contributed by atoms with Gasteiger partial charge in [-0.25, -0.2) is 9.18 Å². The van der Waals surface area contributed by atoms with Crippen molar-refractivity contribution in [2.24, 2.45) is 0 Å². The lowest BCUT2D eigenvalue weighted by Gasteiger charge is -2.26. The van der Waals surface area contributed by atoms with Crippen molar-refractivity contribution in [3.8, 4) is 0 Å². The van der Waals surface area contributed by atoms with Gasteiger partial charge in [-0.15, -0.1) is 0 Å². The topological polar surface area (TPSA) is 38.3 Å². The first kappa shape index (κ1) is 15.0. The Balaban J connectivity index is 1.97. The third kappa shape index (κ3) is 4.05. The minimum atomic E-state index is -1.10. The zero-order valence-electron chi connectivity index (χ0n) is 11.8. The maximum atomic E-state index is 13.8. The van der Waals surface area contributed by atoms with Crippen LogP contribution < -0.4 is 5.32 Å². The lowest BCUT2D eigenvalue weighted by atomic mass is 9.94. The summed E-state index contributed by atoms with van der Waals surface area (Å²) in [4.78, 5) is 11.8. The second kappa shape index (κ2) is 6.39. The van der Waals surface area contributed by atoms with Crippen LogP contribution in [0.1, 0.15) is 18.1 Å². The number of carbonyl (C=O) groups excluding carboxylic acids is 1. The summed E-state index contributed by atoms with van der Waals surface area (Å²) in [6.07, 6.45) is -0.639. The summed E-state index contributed by atoms with van der Waals surface area (Å²) in [6.45, 7) is 5.62. The van der Waals surface area contributed by atoms with Crippen molar-refractivity contribution in [3.05, 3.63) is 78.5 Å². The number of hydrogen-bond acceptors (Lipinski definition) is 2. The number of rotatable bonds is 4. The van der Waals surface area contributed by atoms with Crippen LogP contribution in [-0.4, -0.2) is 6.09 Å². The number of carbonyl (C=O) groups is 1. The number of halogens is 1. The van der Waals surface area contributed by atoms with Gasteiger partial charge in [-0.2, -0.15) is 0 Å².